The van der Waals surface area contributed by atoms with Gasteiger partial charge in [0.1, 0.15) is 5.39 Å². The molecule has 0 fully saturated rings. The van der Waals surface area contributed by atoms with Crippen LogP contribution in [-0.2, 0) is 0 Å². The number of para-hydroxylation sites is 1. The van der Waals surface area contributed by atoms with Crippen LogP contribution in [0.5, 0.6) is 0 Å². The molecule has 0 bridgehead atoms. The highest BCUT2D eigenvalue weighted by Crippen LogP contribution is 2.00. The van der Waals surface area contributed by atoms with Gasteiger partial charge in [0.15, 0.2) is 20.8 Å². The maximum absolute atomic E-state index is 11.4. The van der Waals surface area contributed by atoms with E-state index in [9.17, 15) is 19.3 Å². The van der Waals surface area contributed by atoms with E-state index in [1.807, 2.05) is 0 Å². The summed E-state index contributed by atoms with van der Waals surface area (Å²) in [5, 5.41) is 2.82. The number of H-pyrrole nitrogens is 1. The number of nitrogens with zero attached hydrogens (tertiary/aromatic N) is 3. The van der Waals surface area contributed by atoms with Crippen LogP contribution in [0.2, 0.25) is 0 Å². The molecule has 0 radical (unpaired) electrons. The molecular formula is C21H17N4O4+. The molecule has 144 valence electrons. The van der Waals surface area contributed by atoms with Crippen LogP contribution in [0.1, 0.15) is 0 Å². The Balaban J connectivity index is 0.000000164. The zero-order valence-corrected chi connectivity index (χ0v) is 15.2. The molecule has 4 rings (SSSR count). The minimum atomic E-state index is -0.165. The second-order valence-corrected chi connectivity index (χ2v) is 5.39. The molecule has 8 heteroatoms. The van der Waals surface area contributed by atoms with E-state index in [4.69, 9.17) is 0 Å². The Morgan fingerprint density at radius 2 is 1.24 bits per heavy atom. The number of hydrogen-bond donors (Lipinski definition) is 1. The minimum absolute atomic E-state index is 0.0116. The lowest BCUT2D eigenvalue weighted by molar-refractivity contribution is -0.535. The first-order valence-corrected chi connectivity index (χ1v) is 8.42. The van der Waals surface area contributed by atoms with Gasteiger partial charge in [0.25, 0.3) is 0 Å². The van der Waals surface area contributed by atoms with Gasteiger partial charge >= 0.3 is 5.52 Å². The summed E-state index contributed by atoms with van der Waals surface area (Å²) in [5.41, 5.74) is 0.156. The highest BCUT2D eigenvalue weighted by atomic mass is 16.3. The monoisotopic (exact) mass is 389 g/mol. The number of hydrogen-bond acceptors (Lipinski definition) is 6. The van der Waals surface area contributed by atoms with Gasteiger partial charge in [-0.1, -0.05) is 12.1 Å². The molecular weight excluding hydrogens is 372 g/mol. The zero-order chi connectivity index (χ0) is 20.9. The number of fused-ring (bicyclic) bond motifs is 1. The summed E-state index contributed by atoms with van der Waals surface area (Å²) in [6, 6.07) is 17.0. The maximum atomic E-state index is 11.4. The van der Waals surface area contributed by atoms with Crippen LogP contribution >= 0.6 is 0 Å². The third kappa shape index (κ3) is 7.43. The lowest BCUT2D eigenvalue weighted by Gasteiger charge is -1.78. The molecule has 29 heavy (non-hydrogen) atoms. The molecule has 1 N–H and O–H groups in total. The summed E-state index contributed by atoms with van der Waals surface area (Å²) >= 11 is 0. The van der Waals surface area contributed by atoms with Gasteiger partial charge in [-0.15, -0.1) is 5.10 Å². The lowest BCUT2D eigenvalue weighted by Crippen LogP contribution is -2.17. The summed E-state index contributed by atoms with van der Waals surface area (Å²) in [4.78, 5) is 50.9. The first-order chi connectivity index (χ1) is 14.1. The molecule has 1 aromatic carbocycles. The van der Waals surface area contributed by atoms with E-state index in [0.717, 1.165) is 0 Å². The van der Waals surface area contributed by atoms with Gasteiger partial charge in [-0.3, -0.25) is 24.4 Å². The molecule has 0 aliphatic heterocycles. The van der Waals surface area contributed by atoms with Gasteiger partial charge in [-0.05, 0) is 30.3 Å². The number of nitrogens with one attached hydrogen (secondary N) is 1. The predicted molar refractivity (Wildman–Crippen MR) is 109 cm³/mol. The van der Waals surface area contributed by atoms with Gasteiger partial charge in [-0.25, -0.2) is 0 Å². The predicted octanol–water partition coefficient (Wildman–Crippen LogP) is 1.33. The van der Waals surface area contributed by atoms with Crippen LogP contribution in [0.3, 0.4) is 0 Å². The van der Waals surface area contributed by atoms with Crippen molar-refractivity contribution in [1.82, 2.24) is 15.1 Å². The summed E-state index contributed by atoms with van der Waals surface area (Å²) < 4.78 is 0.566. The van der Waals surface area contributed by atoms with Crippen LogP contribution in [0.25, 0.3) is 10.9 Å². The highest BCUT2D eigenvalue weighted by molar-refractivity contribution is 5.74. The summed E-state index contributed by atoms with van der Waals surface area (Å²) in [7, 11) is 0. The number of benzene rings is 1. The molecule has 0 aliphatic rings. The Bertz CT molecular complexity index is 1170. The number of aromatic nitrogens is 4. The van der Waals surface area contributed by atoms with Crippen molar-refractivity contribution in [2.45, 2.75) is 0 Å². The van der Waals surface area contributed by atoms with Crippen LogP contribution < -0.4 is 20.8 Å². The fraction of sp³-hybridized carbons (Fsp3) is 0. The summed E-state index contributed by atoms with van der Waals surface area (Å²) in [5.74, 6) is 0. The average Bonchev–Trinajstić information content (AvgIpc) is 3.17. The van der Waals surface area contributed by atoms with Gasteiger partial charge in [0, 0.05) is 49.1 Å². The largest absolute Gasteiger partial charge is 0.303 e. The highest BCUT2D eigenvalue weighted by Gasteiger charge is 2.05. The molecule has 3 heterocycles. The first-order valence-electron chi connectivity index (χ1n) is 8.42. The van der Waals surface area contributed by atoms with Crippen LogP contribution in [0.4, 0.5) is 0 Å². The number of aromatic amines is 1. The third-order valence-electron chi connectivity index (χ3n) is 3.33. The second kappa shape index (κ2) is 11.4. The van der Waals surface area contributed by atoms with Crippen molar-refractivity contribution in [3.05, 3.63) is 133 Å². The van der Waals surface area contributed by atoms with E-state index >= 15 is 0 Å². The van der Waals surface area contributed by atoms with E-state index in [2.05, 4.69) is 15.1 Å². The van der Waals surface area contributed by atoms with Gasteiger partial charge in [0.05, 0.1) is 11.1 Å². The Labute approximate surface area is 164 Å². The third-order valence-corrected chi connectivity index (χ3v) is 3.33. The topological polar surface area (TPSA) is 116 Å². The van der Waals surface area contributed by atoms with Crippen molar-refractivity contribution < 1.29 is 4.54 Å². The van der Waals surface area contributed by atoms with E-state index < -0.39 is 0 Å². The smallest absolute Gasteiger partial charge is 0.290 e. The first kappa shape index (κ1) is 21.0. The minimum Gasteiger partial charge on any atom is -0.290 e. The zero-order valence-electron chi connectivity index (χ0n) is 15.2. The van der Waals surface area contributed by atoms with E-state index in [1.54, 1.807) is 48.8 Å². The molecule has 0 saturated heterocycles. The van der Waals surface area contributed by atoms with Gasteiger partial charge in [-0.2, -0.15) is 0 Å². The van der Waals surface area contributed by atoms with Crippen LogP contribution in [-0.4, -0.2) is 15.1 Å². The molecule has 0 saturated carbocycles. The lowest BCUT2D eigenvalue weighted by atomic mass is 10.2. The van der Waals surface area contributed by atoms with Crippen LogP contribution in [0.15, 0.2) is 112 Å². The molecule has 0 spiro atoms. The van der Waals surface area contributed by atoms with E-state index in [1.165, 1.54) is 48.9 Å². The molecule has 8 nitrogen and oxygen atoms in total. The van der Waals surface area contributed by atoms with Gasteiger partial charge in [0.2, 0.25) is 0 Å². The average molecular weight is 389 g/mol. The quantitative estimate of drug-likeness (QED) is 0.454. The Hall–Kier alpha value is -4.33. The van der Waals surface area contributed by atoms with Crippen LogP contribution in [0, 0.1) is 4.91 Å². The van der Waals surface area contributed by atoms with E-state index in [-0.39, 0.29) is 16.3 Å². The van der Waals surface area contributed by atoms with Crippen molar-refractivity contribution in [2.24, 2.45) is 0 Å². The normalized spacial score (nSPS) is 9.24. The molecule has 0 aliphatic carbocycles. The molecule has 0 amide bonds. The molecule has 0 unspecified atom stereocenters. The van der Waals surface area contributed by atoms with E-state index in [0.29, 0.717) is 15.4 Å². The SMILES string of the molecule is O=c1cc[nH][n+](=O)c2ccccc12.O=c1cccncc1.O=c1cccncc1. The van der Waals surface area contributed by atoms with Crippen molar-refractivity contribution >= 4 is 10.9 Å². The fourth-order valence-electron chi connectivity index (χ4n) is 2.02. The molecule has 4 aromatic rings. The summed E-state index contributed by atoms with van der Waals surface area (Å²) in [6.45, 7) is 0. The van der Waals surface area contributed by atoms with Gasteiger partial charge < -0.3 is 0 Å². The standard InChI is InChI=1S/C9H6N2O2.2C6H5NO/c12-9-5-6-10-11(13)8-4-2-1-3-7(8)9;2*8-6-2-1-4-7-5-3-6/h1-6H;2*1-5H/p+1. The fourth-order valence-corrected chi connectivity index (χ4v) is 2.02. The Kier molecular flexibility index (Phi) is 8.24. The second-order valence-electron chi connectivity index (χ2n) is 5.39. The summed E-state index contributed by atoms with van der Waals surface area (Å²) in [6.07, 6.45) is 7.42. The van der Waals surface area contributed by atoms with Crippen molar-refractivity contribution in [2.75, 3.05) is 0 Å². The Morgan fingerprint density at radius 1 is 0.655 bits per heavy atom. The number of rotatable bonds is 0. The maximum Gasteiger partial charge on any atom is 0.303 e. The van der Waals surface area contributed by atoms with Crippen molar-refractivity contribution in [1.29, 1.82) is 0 Å². The molecule has 3 aromatic heterocycles. The van der Waals surface area contributed by atoms with Crippen molar-refractivity contribution in [3.8, 4) is 0 Å². The van der Waals surface area contributed by atoms with Crippen molar-refractivity contribution in [3.63, 3.8) is 0 Å². The molecule has 0 atom stereocenters. The Morgan fingerprint density at radius 3 is 1.86 bits per heavy atom.